The Labute approximate surface area is 124 Å². The van der Waals surface area contributed by atoms with Gasteiger partial charge in [-0.05, 0) is 57.8 Å². The maximum absolute atomic E-state index is 6.25. The highest BCUT2D eigenvalue weighted by molar-refractivity contribution is 9.10. The standard InChI is InChI=1S/C14H22BrClN2/c1-4-18(9-5-8-17(2)3)11-12-6-7-13(15)10-14(12)16/h6-7,10H,4-5,8-9,11H2,1-3H3. The van der Waals surface area contributed by atoms with Gasteiger partial charge >= 0.3 is 0 Å². The van der Waals surface area contributed by atoms with E-state index >= 15 is 0 Å². The van der Waals surface area contributed by atoms with Gasteiger partial charge in [-0.25, -0.2) is 0 Å². The summed E-state index contributed by atoms with van der Waals surface area (Å²) < 4.78 is 1.03. The largest absolute Gasteiger partial charge is 0.309 e. The number of halogens is 2. The zero-order valence-corrected chi connectivity index (χ0v) is 13.8. The molecule has 0 N–H and O–H groups in total. The quantitative estimate of drug-likeness (QED) is 0.747. The summed E-state index contributed by atoms with van der Waals surface area (Å²) in [4.78, 5) is 4.65. The molecular weight excluding hydrogens is 312 g/mol. The lowest BCUT2D eigenvalue weighted by atomic mass is 10.2. The van der Waals surface area contributed by atoms with Gasteiger partial charge in [-0.2, -0.15) is 0 Å². The van der Waals surface area contributed by atoms with E-state index in [4.69, 9.17) is 11.6 Å². The Balaban J connectivity index is 2.51. The SMILES string of the molecule is CCN(CCCN(C)C)Cc1ccc(Br)cc1Cl. The molecule has 0 heterocycles. The fourth-order valence-corrected chi connectivity index (χ4v) is 2.58. The van der Waals surface area contributed by atoms with Gasteiger partial charge < -0.3 is 4.90 Å². The van der Waals surface area contributed by atoms with Crippen LogP contribution in [0.1, 0.15) is 18.9 Å². The normalized spacial score (nSPS) is 11.5. The highest BCUT2D eigenvalue weighted by atomic mass is 79.9. The van der Waals surface area contributed by atoms with Gasteiger partial charge in [0.25, 0.3) is 0 Å². The van der Waals surface area contributed by atoms with Crippen molar-refractivity contribution in [3.8, 4) is 0 Å². The third kappa shape index (κ3) is 5.70. The van der Waals surface area contributed by atoms with Crippen molar-refractivity contribution in [3.05, 3.63) is 33.3 Å². The number of benzene rings is 1. The molecule has 0 aliphatic carbocycles. The van der Waals surface area contributed by atoms with E-state index in [1.807, 2.05) is 6.07 Å². The van der Waals surface area contributed by atoms with Crippen LogP contribution in [0.4, 0.5) is 0 Å². The number of hydrogen-bond donors (Lipinski definition) is 0. The van der Waals surface area contributed by atoms with Crippen LogP contribution in [0.5, 0.6) is 0 Å². The molecule has 18 heavy (non-hydrogen) atoms. The molecule has 0 saturated carbocycles. The lowest BCUT2D eigenvalue weighted by Crippen LogP contribution is -2.27. The van der Waals surface area contributed by atoms with Crippen molar-refractivity contribution in [2.45, 2.75) is 19.9 Å². The second-order valence-corrected chi connectivity index (χ2v) is 6.08. The summed E-state index contributed by atoms with van der Waals surface area (Å²) in [6.07, 6.45) is 1.19. The molecule has 0 aromatic heterocycles. The summed E-state index contributed by atoms with van der Waals surface area (Å²) >= 11 is 9.68. The zero-order chi connectivity index (χ0) is 13.5. The van der Waals surface area contributed by atoms with Crippen molar-refractivity contribution >= 4 is 27.5 Å². The van der Waals surface area contributed by atoms with E-state index in [2.05, 4.69) is 58.9 Å². The van der Waals surface area contributed by atoms with Gasteiger partial charge in [0, 0.05) is 16.0 Å². The average Bonchev–Trinajstić information content (AvgIpc) is 2.30. The smallest absolute Gasteiger partial charge is 0.0462 e. The maximum Gasteiger partial charge on any atom is 0.0462 e. The molecule has 1 rings (SSSR count). The predicted octanol–water partition coefficient (Wildman–Crippen LogP) is 3.88. The zero-order valence-electron chi connectivity index (χ0n) is 11.4. The van der Waals surface area contributed by atoms with Gasteiger partial charge in [0.15, 0.2) is 0 Å². The monoisotopic (exact) mass is 332 g/mol. The minimum atomic E-state index is 0.843. The van der Waals surface area contributed by atoms with Gasteiger partial charge in [0.2, 0.25) is 0 Å². The van der Waals surface area contributed by atoms with E-state index in [1.165, 1.54) is 12.0 Å². The van der Waals surface area contributed by atoms with Crippen LogP contribution in [0.25, 0.3) is 0 Å². The molecule has 0 spiro atoms. The van der Waals surface area contributed by atoms with Crippen molar-refractivity contribution in [1.82, 2.24) is 9.80 Å². The molecule has 2 nitrogen and oxygen atoms in total. The van der Waals surface area contributed by atoms with Gasteiger partial charge in [0.1, 0.15) is 0 Å². The van der Waals surface area contributed by atoms with Crippen molar-refractivity contribution in [3.63, 3.8) is 0 Å². The molecule has 102 valence electrons. The first kappa shape index (κ1) is 16.0. The van der Waals surface area contributed by atoms with Crippen LogP contribution >= 0.6 is 27.5 Å². The summed E-state index contributed by atoms with van der Waals surface area (Å²) in [6.45, 7) is 6.42. The molecule has 0 aliphatic heterocycles. The first-order valence-electron chi connectivity index (χ1n) is 6.34. The van der Waals surface area contributed by atoms with Gasteiger partial charge in [0.05, 0.1) is 0 Å². The van der Waals surface area contributed by atoms with Crippen LogP contribution in [-0.2, 0) is 6.54 Å². The summed E-state index contributed by atoms with van der Waals surface area (Å²) in [5.41, 5.74) is 1.20. The Morgan fingerprint density at radius 3 is 2.50 bits per heavy atom. The average molecular weight is 334 g/mol. The molecule has 0 saturated heterocycles. The third-order valence-corrected chi connectivity index (χ3v) is 3.78. The highest BCUT2D eigenvalue weighted by Crippen LogP contribution is 2.22. The van der Waals surface area contributed by atoms with Crippen molar-refractivity contribution in [2.75, 3.05) is 33.7 Å². The Morgan fingerprint density at radius 1 is 1.22 bits per heavy atom. The number of hydrogen-bond acceptors (Lipinski definition) is 2. The van der Waals surface area contributed by atoms with E-state index in [9.17, 15) is 0 Å². The van der Waals surface area contributed by atoms with E-state index in [1.54, 1.807) is 0 Å². The Kier molecular flexibility index (Phi) is 7.23. The molecular formula is C14H22BrClN2. The summed E-state index contributed by atoms with van der Waals surface area (Å²) in [5.74, 6) is 0. The Morgan fingerprint density at radius 2 is 1.94 bits per heavy atom. The van der Waals surface area contributed by atoms with Gasteiger partial charge in [-0.1, -0.05) is 40.5 Å². The van der Waals surface area contributed by atoms with E-state index in [-0.39, 0.29) is 0 Å². The second-order valence-electron chi connectivity index (χ2n) is 4.76. The molecule has 4 heteroatoms. The minimum absolute atomic E-state index is 0.843. The number of rotatable bonds is 7. The molecule has 0 bridgehead atoms. The minimum Gasteiger partial charge on any atom is -0.309 e. The van der Waals surface area contributed by atoms with Crippen LogP contribution in [0.15, 0.2) is 22.7 Å². The molecule has 0 aliphatic rings. The van der Waals surface area contributed by atoms with Crippen molar-refractivity contribution < 1.29 is 0 Å². The third-order valence-electron chi connectivity index (χ3n) is 2.94. The summed E-state index contributed by atoms with van der Waals surface area (Å²) in [6, 6.07) is 6.11. The lowest BCUT2D eigenvalue weighted by molar-refractivity contribution is 0.259. The highest BCUT2D eigenvalue weighted by Gasteiger charge is 2.07. The van der Waals surface area contributed by atoms with Gasteiger partial charge in [-0.3, -0.25) is 4.90 Å². The Bertz CT molecular complexity index is 369. The van der Waals surface area contributed by atoms with Crippen molar-refractivity contribution in [1.29, 1.82) is 0 Å². The Hall–Kier alpha value is -0.0900. The fourth-order valence-electron chi connectivity index (χ4n) is 1.85. The van der Waals surface area contributed by atoms with Crippen LogP contribution in [0, 0.1) is 0 Å². The molecule has 0 fully saturated rings. The first-order chi connectivity index (χ1) is 8.52. The molecule has 0 radical (unpaired) electrons. The molecule has 0 atom stereocenters. The lowest BCUT2D eigenvalue weighted by Gasteiger charge is -2.22. The van der Waals surface area contributed by atoms with Crippen LogP contribution < -0.4 is 0 Å². The van der Waals surface area contributed by atoms with Crippen molar-refractivity contribution in [2.24, 2.45) is 0 Å². The van der Waals surface area contributed by atoms with Crippen LogP contribution in [-0.4, -0.2) is 43.5 Å². The van der Waals surface area contributed by atoms with Crippen LogP contribution in [0.3, 0.4) is 0 Å². The predicted molar refractivity (Wildman–Crippen MR) is 83.3 cm³/mol. The maximum atomic E-state index is 6.25. The first-order valence-corrected chi connectivity index (χ1v) is 7.51. The van der Waals surface area contributed by atoms with Crippen LogP contribution in [0.2, 0.25) is 5.02 Å². The molecule has 0 unspecified atom stereocenters. The van der Waals surface area contributed by atoms with E-state index < -0.39 is 0 Å². The molecule has 1 aromatic rings. The topological polar surface area (TPSA) is 6.48 Å². The number of nitrogens with zero attached hydrogens (tertiary/aromatic N) is 2. The molecule has 0 amide bonds. The fraction of sp³-hybridized carbons (Fsp3) is 0.571. The van der Waals surface area contributed by atoms with Gasteiger partial charge in [-0.15, -0.1) is 0 Å². The summed E-state index contributed by atoms with van der Waals surface area (Å²) in [5, 5.41) is 0.843. The van der Waals surface area contributed by atoms with E-state index in [0.717, 1.165) is 35.7 Å². The second kappa shape index (κ2) is 8.16. The van der Waals surface area contributed by atoms with E-state index in [0.29, 0.717) is 0 Å². The molecule has 1 aromatic carbocycles. The summed E-state index contributed by atoms with van der Waals surface area (Å²) in [7, 11) is 4.23.